The van der Waals surface area contributed by atoms with Gasteiger partial charge in [-0.05, 0) is 29.4 Å². The molecule has 1 aromatic carbocycles. The van der Waals surface area contributed by atoms with Crippen LogP contribution in [-0.4, -0.2) is 35.9 Å². The Bertz CT molecular complexity index is 625. The summed E-state index contributed by atoms with van der Waals surface area (Å²) in [4.78, 5) is 0.849. The maximum Gasteiger partial charge on any atom is 2.00 e. The smallest absolute Gasteiger partial charge is 0.741 e. The number of hydrogen-bond acceptors (Lipinski definition) is 7. The van der Waals surface area contributed by atoms with Gasteiger partial charge in [-0.3, -0.25) is 0 Å². The van der Waals surface area contributed by atoms with Gasteiger partial charge in [0.05, 0.1) is 5.71 Å². The minimum atomic E-state index is 0. The van der Waals surface area contributed by atoms with Crippen LogP contribution in [0.25, 0.3) is 0 Å². The fourth-order valence-corrected chi connectivity index (χ4v) is 1.55. The Morgan fingerprint density at radius 3 is 1.87 bits per heavy atom. The molecule has 0 aromatic heterocycles. The van der Waals surface area contributed by atoms with Gasteiger partial charge in [0, 0.05) is 24.6 Å². The van der Waals surface area contributed by atoms with E-state index in [-0.39, 0.29) is 27.4 Å². The van der Waals surface area contributed by atoms with Crippen molar-refractivity contribution in [2.24, 2.45) is 20.4 Å². The van der Waals surface area contributed by atoms with E-state index in [1.54, 1.807) is 21.0 Å². The Kier molecular flexibility index (Phi) is 10.8. The van der Waals surface area contributed by atoms with Gasteiger partial charge in [-0.15, -0.1) is 17.7 Å². The molecule has 0 aliphatic carbocycles. The van der Waals surface area contributed by atoms with Gasteiger partial charge in [-0.2, -0.15) is 15.3 Å². The molecule has 23 heavy (non-hydrogen) atoms. The fraction of sp³-hybridized carbons (Fsp3) is 0.231. The maximum atomic E-state index is 4.96. The molecule has 1 rings (SSSR count). The number of nitrogens with zero attached hydrogens (tertiary/aromatic N) is 4. The molecule has 0 fully saturated rings. The van der Waals surface area contributed by atoms with Gasteiger partial charge in [0.15, 0.2) is 0 Å². The van der Waals surface area contributed by atoms with Crippen molar-refractivity contribution in [1.82, 2.24) is 10.6 Å². The van der Waals surface area contributed by atoms with Crippen molar-refractivity contribution in [2.45, 2.75) is 11.8 Å². The summed E-state index contributed by atoms with van der Waals surface area (Å²) in [5, 5.41) is 22.0. The van der Waals surface area contributed by atoms with Crippen LogP contribution in [0.15, 0.2) is 49.6 Å². The zero-order valence-corrected chi connectivity index (χ0v) is 16.1. The Hall–Kier alpha value is -1.19. The summed E-state index contributed by atoms with van der Waals surface area (Å²) >= 11 is 14.2. The summed E-state index contributed by atoms with van der Waals surface area (Å²) < 4.78 is 0. The Balaban J connectivity index is 0.00000484. The van der Waals surface area contributed by atoms with Crippen molar-refractivity contribution in [3.05, 3.63) is 29.8 Å². The summed E-state index contributed by atoms with van der Waals surface area (Å²) in [6.45, 7) is 1.77. The van der Waals surface area contributed by atoms with E-state index in [1.165, 1.54) is 0 Å². The van der Waals surface area contributed by atoms with Crippen molar-refractivity contribution < 1.29 is 17.1 Å². The number of nitrogens with one attached hydrogen (secondary N) is 2. The molecule has 0 heterocycles. The molecule has 1 radical (unpaired) electrons. The van der Waals surface area contributed by atoms with Crippen LogP contribution in [0.1, 0.15) is 12.5 Å². The average Bonchev–Trinajstić information content (AvgIpc) is 2.53. The van der Waals surface area contributed by atoms with E-state index in [4.69, 9.17) is 25.3 Å². The third-order valence-corrected chi connectivity index (χ3v) is 3.31. The average molecular weight is 416 g/mol. The quantitative estimate of drug-likeness (QED) is 0.173. The molecule has 0 aliphatic rings. The van der Waals surface area contributed by atoms with Crippen LogP contribution >= 0.6 is 12.6 Å². The molecule has 2 N–H and O–H groups in total. The van der Waals surface area contributed by atoms with Crippen LogP contribution < -0.4 is 10.6 Å². The summed E-state index contributed by atoms with van der Waals surface area (Å²) in [5.41, 5.74) is 1.94. The molecule has 0 bridgehead atoms. The topological polar surface area (TPSA) is 73.5 Å². The first-order valence-corrected chi connectivity index (χ1v) is 7.51. The van der Waals surface area contributed by atoms with Crippen LogP contribution in [0.2, 0.25) is 0 Å². The predicted molar refractivity (Wildman–Crippen MR) is 101 cm³/mol. The van der Waals surface area contributed by atoms with Gasteiger partial charge in [0.25, 0.3) is 0 Å². The molecule has 0 saturated heterocycles. The van der Waals surface area contributed by atoms with Crippen LogP contribution in [-0.2, 0) is 42.3 Å². The first-order chi connectivity index (χ1) is 10.5. The molecule has 127 valence electrons. The third-order valence-electron chi connectivity index (χ3n) is 2.44. The molecule has 10 heteroatoms. The maximum absolute atomic E-state index is 4.96. The molecule has 6 nitrogen and oxygen atoms in total. The Morgan fingerprint density at radius 1 is 0.913 bits per heavy atom. The SMILES string of the molecule is CN/C([S-])=N/N=C(C)/C(=N/N=C(\[S-])NC)c1ccc(S)cc1.[Cu+2]. The largest absolute Gasteiger partial charge is 2.00 e. The monoisotopic (exact) mass is 415 g/mol. The van der Waals surface area contributed by atoms with Gasteiger partial charge in [-0.25, -0.2) is 0 Å². The molecule has 0 aliphatic heterocycles. The van der Waals surface area contributed by atoms with E-state index in [0.29, 0.717) is 11.4 Å². The number of thiol groups is 1. The van der Waals surface area contributed by atoms with Gasteiger partial charge in [-0.1, -0.05) is 12.1 Å². The van der Waals surface area contributed by atoms with E-state index in [0.717, 1.165) is 10.5 Å². The second-order valence-electron chi connectivity index (χ2n) is 3.99. The number of rotatable bonds is 4. The minimum absolute atomic E-state index is 0. The van der Waals surface area contributed by atoms with Crippen LogP contribution in [0.5, 0.6) is 0 Å². The molecule has 0 amide bonds. The zero-order valence-electron chi connectivity index (χ0n) is 12.7. The standard InChI is InChI=1S/C13H18N6S3.Cu/c1-8(16-18-12(21)14-2)11(17-19-13(22)15-3)9-4-6-10(20)7-5-9;/h4-7,20H,1-3H3,(H2,14,18,21)(H2,15,19,22);/q;+2/p-2/b16-8+,17-11-;. The van der Waals surface area contributed by atoms with E-state index in [9.17, 15) is 0 Å². The third kappa shape index (κ3) is 7.76. The van der Waals surface area contributed by atoms with Crippen molar-refractivity contribution in [3.63, 3.8) is 0 Å². The van der Waals surface area contributed by atoms with Gasteiger partial charge in [0.1, 0.15) is 5.71 Å². The van der Waals surface area contributed by atoms with Crippen molar-refractivity contribution >= 4 is 59.6 Å². The van der Waals surface area contributed by atoms with Crippen LogP contribution in [0.3, 0.4) is 0 Å². The Labute approximate surface area is 163 Å². The zero-order chi connectivity index (χ0) is 16.5. The first kappa shape index (κ1) is 21.8. The molecule has 0 unspecified atom stereocenters. The second kappa shape index (κ2) is 11.4. The van der Waals surface area contributed by atoms with Gasteiger partial charge >= 0.3 is 17.1 Å². The predicted octanol–water partition coefficient (Wildman–Crippen LogP) is 1.30. The number of benzene rings is 1. The van der Waals surface area contributed by atoms with Crippen LogP contribution in [0, 0.1) is 0 Å². The molecule has 0 spiro atoms. The molecule has 0 atom stereocenters. The summed E-state index contributed by atoms with van der Waals surface area (Å²) in [5.74, 6) is 0. The van der Waals surface area contributed by atoms with E-state index < -0.39 is 0 Å². The number of hydrogen-bond donors (Lipinski definition) is 3. The minimum Gasteiger partial charge on any atom is -0.741 e. The number of amidine groups is 2. The molecule has 0 saturated carbocycles. The fourth-order valence-electron chi connectivity index (χ4n) is 1.32. The van der Waals surface area contributed by atoms with Crippen LogP contribution in [0.4, 0.5) is 0 Å². The first-order valence-electron chi connectivity index (χ1n) is 6.25. The molecular formula is C13H16CuN6S3. The second-order valence-corrected chi connectivity index (χ2v) is 5.28. The van der Waals surface area contributed by atoms with E-state index in [2.05, 4.69) is 43.7 Å². The van der Waals surface area contributed by atoms with Gasteiger partial charge < -0.3 is 35.9 Å². The van der Waals surface area contributed by atoms with Crippen molar-refractivity contribution in [1.29, 1.82) is 0 Å². The molecule has 1 aromatic rings. The normalized spacial score (nSPS) is 13.4. The Morgan fingerprint density at radius 2 is 1.39 bits per heavy atom. The van der Waals surface area contributed by atoms with E-state index >= 15 is 0 Å². The summed E-state index contributed by atoms with van der Waals surface area (Å²) in [6.07, 6.45) is 0. The summed E-state index contributed by atoms with van der Waals surface area (Å²) in [6, 6.07) is 7.45. The van der Waals surface area contributed by atoms with E-state index in [1.807, 2.05) is 24.3 Å². The van der Waals surface area contributed by atoms with Crippen molar-refractivity contribution in [2.75, 3.05) is 14.1 Å². The molecular weight excluding hydrogens is 400 g/mol. The summed E-state index contributed by atoms with van der Waals surface area (Å²) in [7, 11) is 3.36. The van der Waals surface area contributed by atoms with Crippen molar-refractivity contribution in [3.8, 4) is 0 Å². The van der Waals surface area contributed by atoms with Gasteiger partial charge in [0.2, 0.25) is 0 Å².